The first-order valence-corrected chi connectivity index (χ1v) is 10.8. The third-order valence-corrected chi connectivity index (χ3v) is 5.18. The number of ether oxygens (including phenoxy) is 2. The van der Waals surface area contributed by atoms with Crippen LogP contribution in [0.25, 0.3) is 0 Å². The Balaban J connectivity index is 2.63. The van der Waals surface area contributed by atoms with Crippen molar-refractivity contribution in [3.63, 3.8) is 0 Å². The number of carbonyl (C=O) groups excluding carboxylic acids is 3. The van der Waals surface area contributed by atoms with Crippen LogP contribution in [0.2, 0.25) is 0 Å². The lowest BCUT2D eigenvalue weighted by molar-refractivity contribution is -0.144. The van der Waals surface area contributed by atoms with Crippen LogP contribution >= 0.6 is 11.6 Å². The fraction of sp³-hybridized carbons (Fsp3) is 0.609. The van der Waals surface area contributed by atoms with E-state index in [1.54, 1.807) is 6.08 Å². The fourth-order valence-electron chi connectivity index (χ4n) is 3.26. The van der Waals surface area contributed by atoms with E-state index in [2.05, 4.69) is 11.7 Å². The lowest BCUT2D eigenvalue weighted by atomic mass is 9.90. The highest BCUT2D eigenvalue weighted by atomic mass is 35.5. The summed E-state index contributed by atoms with van der Waals surface area (Å²) in [4.78, 5) is 34.8. The van der Waals surface area contributed by atoms with Gasteiger partial charge in [0, 0.05) is 25.2 Å². The van der Waals surface area contributed by atoms with E-state index in [1.165, 1.54) is 14.0 Å². The number of ketones is 1. The number of esters is 2. The molecule has 0 heterocycles. The summed E-state index contributed by atoms with van der Waals surface area (Å²) in [5.41, 5.74) is 0. The van der Waals surface area contributed by atoms with Gasteiger partial charge >= 0.3 is 11.9 Å². The van der Waals surface area contributed by atoms with Gasteiger partial charge < -0.3 is 9.47 Å². The number of allylic oxidation sites excluding steroid dienone is 5. The molecule has 0 spiro atoms. The molecule has 0 saturated carbocycles. The third-order valence-electron chi connectivity index (χ3n) is 4.87. The molecule has 0 aromatic carbocycles. The van der Waals surface area contributed by atoms with Crippen molar-refractivity contribution in [2.24, 2.45) is 11.8 Å². The first kappa shape index (κ1) is 25.2. The minimum atomic E-state index is -0.307. The van der Waals surface area contributed by atoms with Gasteiger partial charge in [-0.25, -0.2) is 0 Å². The van der Waals surface area contributed by atoms with Crippen molar-refractivity contribution in [3.8, 4) is 0 Å². The van der Waals surface area contributed by atoms with E-state index in [9.17, 15) is 14.4 Å². The number of Topliss-reactive ketones (excluding diaryl/α,β-unsaturated/α-hetero) is 1. The summed E-state index contributed by atoms with van der Waals surface area (Å²) in [6.45, 7) is 3.53. The zero-order valence-corrected chi connectivity index (χ0v) is 18.5. The Kier molecular flexibility index (Phi) is 12.3. The molecule has 1 aliphatic carbocycles. The second kappa shape index (κ2) is 14.2. The van der Waals surface area contributed by atoms with E-state index < -0.39 is 0 Å². The lowest BCUT2D eigenvalue weighted by Gasteiger charge is -2.16. The van der Waals surface area contributed by atoms with Crippen LogP contribution in [0, 0.1) is 11.8 Å². The molecule has 0 N–H and O–H groups in total. The summed E-state index contributed by atoms with van der Waals surface area (Å²) in [5, 5.41) is 0.263. The van der Waals surface area contributed by atoms with Gasteiger partial charge in [0.25, 0.3) is 0 Å². The Morgan fingerprint density at radius 2 is 2.00 bits per heavy atom. The molecule has 29 heavy (non-hydrogen) atoms. The molecule has 0 radical (unpaired) electrons. The lowest BCUT2D eigenvalue weighted by Crippen LogP contribution is -2.17. The van der Waals surface area contributed by atoms with Crippen molar-refractivity contribution in [2.45, 2.75) is 71.3 Å². The number of halogens is 1. The van der Waals surface area contributed by atoms with Gasteiger partial charge in [-0.15, -0.1) is 0 Å². The molecule has 0 fully saturated rings. The molecule has 0 aliphatic heterocycles. The molecule has 0 bridgehead atoms. The standard InChI is InChI=1S/C23H33ClO5/c1-4-5-8-11-19(29-17(2)25)15-14-18-16-21(24)23(27)20(18)12-9-6-7-10-13-22(26)28-3/h6,9,14-16,18-20H,4-5,7-8,10-13H2,1-3H3/b9-6-,15-14+/t18-,19-,20+/m0/s1. The maximum absolute atomic E-state index is 12.4. The fourth-order valence-corrected chi connectivity index (χ4v) is 3.54. The molecule has 1 rings (SSSR count). The van der Waals surface area contributed by atoms with E-state index in [0.29, 0.717) is 19.3 Å². The molecule has 162 valence electrons. The highest BCUT2D eigenvalue weighted by Gasteiger charge is 2.32. The molecule has 0 amide bonds. The maximum atomic E-state index is 12.4. The van der Waals surface area contributed by atoms with Crippen molar-refractivity contribution in [3.05, 3.63) is 35.4 Å². The van der Waals surface area contributed by atoms with Gasteiger partial charge in [-0.3, -0.25) is 14.4 Å². The summed E-state index contributed by atoms with van der Waals surface area (Å²) in [6, 6.07) is 0. The predicted molar refractivity (Wildman–Crippen MR) is 114 cm³/mol. The molecular formula is C23H33ClO5. The summed E-state index contributed by atoms with van der Waals surface area (Å²) in [5.74, 6) is -0.941. The number of unbranched alkanes of at least 4 members (excludes halogenated alkanes) is 3. The molecule has 3 atom stereocenters. The van der Waals surface area contributed by atoms with Crippen LogP contribution in [0.15, 0.2) is 35.4 Å². The van der Waals surface area contributed by atoms with Crippen LogP contribution < -0.4 is 0 Å². The Morgan fingerprint density at radius 3 is 2.66 bits per heavy atom. The van der Waals surface area contributed by atoms with E-state index in [1.807, 2.05) is 24.3 Å². The number of hydrogen-bond donors (Lipinski definition) is 0. The quantitative estimate of drug-likeness (QED) is 0.228. The maximum Gasteiger partial charge on any atom is 0.305 e. The predicted octanol–water partition coefficient (Wildman–Crippen LogP) is 5.28. The molecule has 1 aliphatic rings. The van der Waals surface area contributed by atoms with Gasteiger partial charge in [-0.05, 0) is 38.2 Å². The second-order valence-electron chi connectivity index (χ2n) is 7.27. The van der Waals surface area contributed by atoms with Gasteiger partial charge in [0.2, 0.25) is 0 Å². The number of carbonyl (C=O) groups is 3. The smallest absolute Gasteiger partial charge is 0.305 e. The SMILES string of the molecule is CCCCC[C@@H](/C=C/[C@H]1C=C(Cl)C(=O)[C@@H]1C/C=C\CCCC(=O)OC)OC(C)=O. The summed E-state index contributed by atoms with van der Waals surface area (Å²) < 4.78 is 9.99. The van der Waals surface area contributed by atoms with E-state index in [0.717, 1.165) is 32.1 Å². The van der Waals surface area contributed by atoms with Crippen molar-refractivity contribution < 1.29 is 23.9 Å². The Bertz CT molecular complexity index is 635. The zero-order chi connectivity index (χ0) is 21.6. The van der Waals surface area contributed by atoms with E-state index >= 15 is 0 Å². The minimum absolute atomic E-state index is 0.0597. The molecule has 0 saturated heterocycles. The zero-order valence-electron chi connectivity index (χ0n) is 17.7. The highest BCUT2D eigenvalue weighted by Crippen LogP contribution is 2.33. The molecule has 5 nitrogen and oxygen atoms in total. The van der Waals surface area contributed by atoms with Crippen molar-refractivity contribution in [1.82, 2.24) is 0 Å². The first-order valence-electron chi connectivity index (χ1n) is 10.4. The van der Waals surface area contributed by atoms with E-state index in [4.69, 9.17) is 16.3 Å². The number of methoxy groups -OCH3 is 1. The Hall–Kier alpha value is -1.88. The molecule has 0 unspecified atom stereocenters. The third kappa shape index (κ3) is 9.93. The summed E-state index contributed by atoms with van der Waals surface area (Å²) in [6.07, 6.45) is 15.6. The Labute approximate surface area is 179 Å². The van der Waals surface area contributed by atoms with Crippen molar-refractivity contribution in [1.29, 1.82) is 0 Å². The molecule has 0 aromatic heterocycles. The monoisotopic (exact) mass is 424 g/mol. The molecule has 0 aromatic rings. The normalized spacial score (nSPS) is 20.3. The van der Waals surface area contributed by atoms with Gasteiger partial charge in [0.15, 0.2) is 5.78 Å². The first-order chi connectivity index (χ1) is 13.9. The minimum Gasteiger partial charge on any atom is -0.469 e. The van der Waals surface area contributed by atoms with Crippen LogP contribution in [-0.2, 0) is 23.9 Å². The topological polar surface area (TPSA) is 69.7 Å². The van der Waals surface area contributed by atoms with Gasteiger partial charge in [0.05, 0.1) is 12.1 Å². The van der Waals surface area contributed by atoms with Crippen LogP contribution in [0.4, 0.5) is 0 Å². The average Bonchev–Trinajstić information content (AvgIpc) is 2.95. The number of rotatable bonds is 13. The van der Waals surface area contributed by atoms with E-state index in [-0.39, 0.29) is 40.7 Å². The van der Waals surface area contributed by atoms with Crippen LogP contribution in [0.5, 0.6) is 0 Å². The summed E-state index contributed by atoms with van der Waals surface area (Å²) >= 11 is 6.08. The second-order valence-corrected chi connectivity index (χ2v) is 7.67. The van der Waals surface area contributed by atoms with Crippen molar-refractivity contribution in [2.75, 3.05) is 7.11 Å². The summed E-state index contributed by atoms with van der Waals surface area (Å²) in [7, 11) is 1.38. The largest absolute Gasteiger partial charge is 0.469 e. The van der Waals surface area contributed by atoms with Crippen LogP contribution in [0.1, 0.15) is 65.2 Å². The van der Waals surface area contributed by atoms with Crippen molar-refractivity contribution >= 4 is 29.3 Å². The highest BCUT2D eigenvalue weighted by molar-refractivity contribution is 6.43. The van der Waals surface area contributed by atoms with Gasteiger partial charge in [-0.2, -0.15) is 0 Å². The molecular weight excluding hydrogens is 392 g/mol. The number of hydrogen-bond acceptors (Lipinski definition) is 5. The van der Waals surface area contributed by atoms with Gasteiger partial charge in [-0.1, -0.05) is 55.7 Å². The molecule has 6 heteroatoms. The Morgan fingerprint density at radius 1 is 1.24 bits per heavy atom. The van der Waals surface area contributed by atoms with Crippen LogP contribution in [-0.4, -0.2) is 30.9 Å². The van der Waals surface area contributed by atoms with Crippen LogP contribution in [0.3, 0.4) is 0 Å². The van der Waals surface area contributed by atoms with Gasteiger partial charge in [0.1, 0.15) is 6.10 Å². The average molecular weight is 425 g/mol.